The van der Waals surface area contributed by atoms with Crippen molar-refractivity contribution in [1.82, 2.24) is 10.2 Å². The van der Waals surface area contributed by atoms with E-state index in [-0.39, 0.29) is 18.6 Å². The molecule has 0 bridgehead atoms. The smallest absolute Gasteiger partial charge is 0.326 e. The van der Waals surface area contributed by atoms with Crippen molar-refractivity contribution in [2.75, 3.05) is 19.7 Å². The molecular formula is C13H22N2O4. The summed E-state index contributed by atoms with van der Waals surface area (Å²) < 4.78 is 5.48. The second-order valence-electron chi connectivity index (χ2n) is 4.54. The predicted octanol–water partition coefficient (Wildman–Crippen LogP) is 1.23. The summed E-state index contributed by atoms with van der Waals surface area (Å²) >= 11 is 0. The van der Waals surface area contributed by atoms with Gasteiger partial charge in [0.15, 0.2) is 0 Å². The predicted molar refractivity (Wildman–Crippen MR) is 71.0 cm³/mol. The number of hydrogen-bond acceptors (Lipinski definition) is 3. The van der Waals surface area contributed by atoms with Gasteiger partial charge in [-0.2, -0.15) is 0 Å². The number of carboxylic acids is 1. The number of nitrogens with one attached hydrogen (secondary N) is 1. The van der Waals surface area contributed by atoms with Gasteiger partial charge >= 0.3 is 12.0 Å². The summed E-state index contributed by atoms with van der Waals surface area (Å²) in [6, 6.07) is -1.30. The number of hydrogen-bond donors (Lipinski definition) is 2. The molecule has 2 amide bonds. The topological polar surface area (TPSA) is 78.9 Å². The Hall–Kier alpha value is -1.56. The molecule has 1 saturated heterocycles. The Morgan fingerprint density at radius 2 is 2.37 bits per heavy atom. The van der Waals surface area contributed by atoms with Crippen LogP contribution in [0.1, 0.15) is 26.2 Å². The molecule has 0 spiro atoms. The summed E-state index contributed by atoms with van der Waals surface area (Å²) in [5.41, 5.74) is 0. The van der Waals surface area contributed by atoms with Crippen molar-refractivity contribution < 1.29 is 19.4 Å². The van der Waals surface area contributed by atoms with Gasteiger partial charge in [0, 0.05) is 19.7 Å². The highest BCUT2D eigenvalue weighted by Gasteiger charge is 2.24. The van der Waals surface area contributed by atoms with Crippen LogP contribution in [0.2, 0.25) is 0 Å². The lowest BCUT2D eigenvalue weighted by molar-refractivity contribution is -0.139. The van der Waals surface area contributed by atoms with Crippen LogP contribution in [0, 0.1) is 0 Å². The second kappa shape index (κ2) is 7.78. The number of amides is 2. The Balaban J connectivity index is 2.51. The third-order valence-electron chi connectivity index (χ3n) is 3.12. The van der Waals surface area contributed by atoms with Crippen LogP contribution in [0.15, 0.2) is 12.7 Å². The highest BCUT2D eigenvalue weighted by atomic mass is 16.5. The normalized spacial score (nSPS) is 19.7. The van der Waals surface area contributed by atoms with Crippen LogP contribution in [0.25, 0.3) is 0 Å². The molecule has 0 saturated carbocycles. The fourth-order valence-corrected chi connectivity index (χ4v) is 2.02. The van der Waals surface area contributed by atoms with E-state index in [0.29, 0.717) is 13.1 Å². The maximum absolute atomic E-state index is 12.0. The summed E-state index contributed by atoms with van der Waals surface area (Å²) in [7, 11) is 0. The Morgan fingerprint density at radius 3 is 2.84 bits per heavy atom. The zero-order chi connectivity index (χ0) is 14.3. The molecule has 1 aliphatic heterocycles. The minimum absolute atomic E-state index is 0.0633. The number of carbonyl (C=O) groups is 2. The number of ether oxygens (including phenoxy) is 1. The van der Waals surface area contributed by atoms with Crippen LogP contribution < -0.4 is 5.32 Å². The lowest BCUT2D eigenvalue weighted by atomic mass is 10.2. The Bertz CT molecular complexity index is 327. The highest BCUT2D eigenvalue weighted by molar-refractivity contribution is 5.82. The van der Waals surface area contributed by atoms with Crippen LogP contribution in [0.4, 0.5) is 4.79 Å². The van der Waals surface area contributed by atoms with Crippen LogP contribution in [-0.2, 0) is 9.53 Å². The molecule has 108 valence electrons. The maximum Gasteiger partial charge on any atom is 0.326 e. The summed E-state index contributed by atoms with van der Waals surface area (Å²) in [4.78, 5) is 24.6. The van der Waals surface area contributed by atoms with Crippen molar-refractivity contribution in [3.05, 3.63) is 12.7 Å². The molecule has 1 aliphatic rings. The number of rotatable bonds is 7. The molecule has 0 aromatic rings. The largest absolute Gasteiger partial charge is 0.480 e. The van der Waals surface area contributed by atoms with Crippen molar-refractivity contribution in [3.8, 4) is 0 Å². The lowest BCUT2D eigenvalue weighted by Gasteiger charge is -2.25. The van der Waals surface area contributed by atoms with Gasteiger partial charge in [0.2, 0.25) is 0 Å². The first-order chi connectivity index (χ1) is 9.08. The number of aliphatic carboxylic acids is 1. The number of urea groups is 1. The first kappa shape index (κ1) is 15.5. The molecule has 0 aromatic heterocycles. The average Bonchev–Trinajstić information content (AvgIpc) is 2.87. The summed E-state index contributed by atoms with van der Waals surface area (Å²) in [5.74, 6) is -1.05. The minimum atomic E-state index is -1.05. The zero-order valence-corrected chi connectivity index (χ0v) is 11.3. The first-order valence-electron chi connectivity index (χ1n) is 6.59. The van der Waals surface area contributed by atoms with Crippen molar-refractivity contribution in [2.45, 2.75) is 38.3 Å². The van der Waals surface area contributed by atoms with E-state index in [1.807, 2.05) is 6.92 Å². The summed E-state index contributed by atoms with van der Waals surface area (Å²) in [6.07, 6.45) is 3.71. The standard InChI is InChI=1S/C13H22N2O4/c1-3-6-11(12(16)17)14-13(18)15(4-2)9-10-7-5-8-19-10/h3,10-11H,1,4-9H2,2H3,(H,14,18)(H,16,17). The van der Waals surface area contributed by atoms with E-state index < -0.39 is 12.0 Å². The monoisotopic (exact) mass is 270 g/mol. The Labute approximate surface area is 113 Å². The van der Waals surface area contributed by atoms with Crippen LogP contribution in [0.5, 0.6) is 0 Å². The molecule has 1 heterocycles. The Morgan fingerprint density at radius 1 is 1.63 bits per heavy atom. The van der Waals surface area contributed by atoms with Gasteiger partial charge in [-0.25, -0.2) is 9.59 Å². The molecule has 19 heavy (non-hydrogen) atoms. The number of carbonyl (C=O) groups excluding carboxylic acids is 1. The van der Waals surface area contributed by atoms with Gasteiger partial charge in [0.1, 0.15) is 6.04 Å². The van der Waals surface area contributed by atoms with Crippen LogP contribution in [0.3, 0.4) is 0 Å². The van der Waals surface area contributed by atoms with Crippen LogP contribution >= 0.6 is 0 Å². The van der Waals surface area contributed by atoms with Gasteiger partial charge in [-0.3, -0.25) is 0 Å². The maximum atomic E-state index is 12.0. The third kappa shape index (κ3) is 4.90. The molecule has 1 fully saturated rings. The van der Waals surface area contributed by atoms with Gasteiger partial charge in [-0.05, 0) is 26.2 Å². The molecule has 0 radical (unpaired) electrons. The van der Waals surface area contributed by atoms with E-state index in [0.717, 1.165) is 19.4 Å². The van der Waals surface area contributed by atoms with Gasteiger partial charge < -0.3 is 20.1 Å². The fraction of sp³-hybridized carbons (Fsp3) is 0.692. The molecule has 6 heteroatoms. The molecule has 0 aliphatic carbocycles. The van der Waals surface area contributed by atoms with Gasteiger partial charge in [-0.1, -0.05) is 6.08 Å². The molecule has 2 unspecified atom stereocenters. The van der Waals surface area contributed by atoms with Crippen molar-refractivity contribution in [1.29, 1.82) is 0 Å². The van der Waals surface area contributed by atoms with Crippen molar-refractivity contribution >= 4 is 12.0 Å². The third-order valence-corrected chi connectivity index (χ3v) is 3.12. The number of carboxylic acid groups (broad SMARTS) is 1. The van der Waals surface area contributed by atoms with E-state index in [4.69, 9.17) is 9.84 Å². The average molecular weight is 270 g/mol. The fourth-order valence-electron chi connectivity index (χ4n) is 2.02. The van der Waals surface area contributed by atoms with E-state index in [1.54, 1.807) is 4.90 Å². The molecule has 6 nitrogen and oxygen atoms in total. The van der Waals surface area contributed by atoms with Crippen molar-refractivity contribution in [3.63, 3.8) is 0 Å². The zero-order valence-electron chi connectivity index (χ0n) is 11.3. The van der Waals surface area contributed by atoms with E-state index in [9.17, 15) is 9.59 Å². The molecular weight excluding hydrogens is 248 g/mol. The highest BCUT2D eigenvalue weighted by Crippen LogP contribution is 2.13. The molecule has 2 N–H and O–H groups in total. The Kier molecular flexibility index (Phi) is 6.35. The van der Waals surface area contributed by atoms with Gasteiger partial charge in [0.25, 0.3) is 0 Å². The van der Waals surface area contributed by atoms with E-state index in [2.05, 4.69) is 11.9 Å². The quantitative estimate of drug-likeness (QED) is 0.682. The van der Waals surface area contributed by atoms with E-state index in [1.165, 1.54) is 6.08 Å². The SMILES string of the molecule is C=CCC(NC(=O)N(CC)CC1CCCO1)C(=O)O. The van der Waals surface area contributed by atoms with Crippen molar-refractivity contribution in [2.24, 2.45) is 0 Å². The molecule has 0 aromatic carbocycles. The summed E-state index contributed by atoms with van der Waals surface area (Å²) in [6.45, 7) is 7.11. The molecule has 2 atom stereocenters. The number of likely N-dealkylation sites (N-methyl/N-ethyl adjacent to an activating group) is 1. The van der Waals surface area contributed by atoms with Gasteiger partial charge in [-0.15, -0.1) is 6.58 Å². The molecule has 1 rings (SSSR count). The minimum Gasteiger partial charge on any atom is -0.480 e. The first-order valence-corrected chi connectivity index (χ1v) is 6.59. The summed E-state index contributed by atoms with van der Waals surface area (Å²) in [5, 5.41) is 11.5. The van der Waals surface area contributed by atoms with E-state index >= 15 is 0 Å². The van der Waals surface area contributed by atoms with Gasteiger partial charge in [0.05, 0.1) is 6.10 Å². The second-order valence-corrected chi connectivity index (χ2v) is 4.54. The number of nitrogens with zero attached hydrogens (tertiary/aromatic N) is 1. The lowest BCUT2D eigenvalue weighted by Crippen LogP contribution is -2.49. The van der Waals surface area contributed by atoms with Crippen LogP contribution in [-0.4, -0.2) is 53.8 Å².